The van der Waals surface area contributed by atoms with E-state index in [4.69, 9.17) is 5.73 Å². The third kappa shape index (κ3) is 2.78. The topological polar surface area (TPSA) is 42.1 Å². The number of rotatable bonds is 3. The monoisotopic (exact) mass is 347 g/mol. The van der Waals surface area contributed by atoms with Gasteiger partial charge in [-0.1, -0.05) is 0 Å². The van der Waals surface area contributed by atoms with Gasteiger partial charge in [0, 0.05) is 24.7 Å². The molecule has 1 aromatic carbocycles. The van der Waals surface area contributed by atoms with Crippen molar-refractivity contribution in [2.75, 3.05) is 17.7 Å². The summed E-state index contributed by atoms with van der Waals surface area (Å²) < 4.78 is 1.16. The zero-order valence-corrected chi connectivity index (χ0v) is 13.4. The zero-order valence-electron chi connectivity index (χ0n) is 11.0. The summed E-state index contributed by atoms with van der Waals surface area (Å²) >= 11 is 5.19. The first-order valence-electron chi connectivity index (χ1n) is 6.22. The van der Waals surface area contributed by atoms with Crippen LogP contribution in [-0.2, 0) is 6.54 Å². The Morgan fingerprint density at radius 2 is 2.10 bits per heavy atom. The van der Waals surface area contributed by atoms with E-state index in [2.05, 4.69) is 50.4 Å². The van der Waals surface area contributed by atoms with Gasteiger partial charge in [0.15, 0.2) is 0 Å². The quantitative estimate of drug-likeness (QED) is 0.719. The molecule has 0 aliphatic heterocycles. The fourth-order valence-corrected chi connectivity index (χ4v) is 3.33. The fourth-order valence-electron chi connectivity index (χ4n) is 2.13. The van der Waals surface area contributed by atoms with Crippen molar-refractivity contribution < 1.29 is 0 Å². The molecule has 3 nitrogen and oxygen atoms in total. The highest BCUT2D eigenvalue weighted by Crippen LogP contribution is 2.24. The Kier molecular flexibility index (Phi) is 3.63. The highest BCUT2D eigenvalue weighted by molar-refractivity contribution is 9.11. The number of benzene rings is 1. The van der Waals surface area contributed by atoms with Gasteiger partial charge in [-0.15, -0.1) is 11.3 Å². The summed E-state index contributed by atoms with van der Waals surface area (Å²) in [7, 11) is 2.05. The lowest BCUT2D eigenvalue weighted by Crippen LogP contribution is -2.17. The van der Waals surface area contributed by atoms with E-state index in [0.29, 0.717) is 0 Å². The average molecular weight is 348 g/mol. The number of nitrogens with two attached hydrogens (primary N) is 1. The molecule has 0 bridgehead atoms. The average Bonchev–Trinajstić information content (AvgIpc) is 2.83. The molecular formula is C15H14BrN3S. The molecule has 0 radical (unpaired) electrons. The Bertz CT molecular complexity index is 754. The predicted molar refractivity (Wildman–Crippen MR) is 90.3 cm³/mol. The van der Waals surface area contributed by atoms with Gasteiger partial charge in [-0.05, 0) is 63.3 Å². The van der Waals surface area contributed by atoms with Crippen LogP contribution in [0.5, 0.6) is 0 Å². The Morgan fingerprint density at radius 3 is 2.85 bits per heavy atom. The van der Waals surface area contributed by atoms with E-state index >= 15 is 0 Å². The lowest BCUT2D eigenvalue weighted by Gasteiger charge is -2.18. The number of nitrogens with zero attached hydrogens (tertiary/aromatic N) is 2. The van der Waals surface area contributed by atoms with Crippen LogP contribution >= 0.6 is 27.3 Å². The Labute approximate surface area is 130 Å². The molecule has 2 heterocycles. The number of nitrogen functional groups attached to an aromatic ring is 1. The summed E-state index contributed by atoms with van der Waals surface area (Å²) in [4.78, 5) is 6.82. The molecule has 0 fully saturated rings. The van der Waals surface area contributed by atoms with Crippen LogP contribution in [0.3, 0.4) is 0 Å². The standard InChI is InChI=1S/C15H14BrN3S/c1-19(8-10-6-14(16)20-9-10)15-5-2-11-7-12(17)3-4-13(11)18-15/h2-7,9H,8,17H2,1H3. The number of pyridine rings is 1. The van der Waals surface area contributed by atoms with E-state index in [0.717, 1.165) is 32.7 Å². The second-order valence-electron chi connectivity index (χ2n) is 4.74. The van der Waals surface area contributed by atoms with Gasteiger partial charge in [0.2, 0.25) is 0 Å². The summed E-state index contributed by atoms with van der Waals surface area (Å²) in [5.41, 5.74) is 8.80. The first-order chi connectivity index (χ1) is 9.61. The van der Waals surface area contributed by atoms with Crippen LogP contribution in [0.4, 0.5) is 11.5 Å². The number of thiophene rings is 1. The maximum absolute atomic E-state index is 5.78. The Hall–Kier alpha value is -1.59. The number of hydrogen-bond donors (Lipinski definition) is 1. The zero-order chi connectivity index (χ0) is 14.1. The van der Waals surface area contributed by atoms with E-state index < -0.39 is 0 Å². The van der Waals surface area contributed by atoms with Crippen molar-refractivity contribution >= 4 is 49.7 Å². The lowest BCUT2D eigenvalue weighted by molar-refractivity contribution is 0.906. The van der Waals surface area contributed by atoms with Crippen molar-refractivity contribution in [3.05, 3.63) is 51.1 Å². The molecule has 2 N–H and O–H groups in total. The molecule has 5 heteroatoms. The molecule has 0 spiro atoms. The van der Waals surface area contributed by atoms with Gasteiger partial charge in [0.1, 0.15) is 5.82 Å². The molecule has 0 aliphatic carbocycles. The van der Waals surface area contributed by atoms with Gasteiger partial charge in [0.25, 0.3) is 0 Å². The van der Waals surface area contributed by atoms with E-state index in [1.54, 1.807) is 11.3 Å². The number of hydrogen-bond acceptors (Lipinski definition) is 4. The number of halogens is 1. The summed E-state index contributed by atoms with van der Waals surface area (Å²) in [6.45, 7) is 0.843. The maximum atomic E-state index is 5.78. The van der Waals surface area contributed by atoms with Crippen LogP contribution in [0.1, 0.15) is 5.56 Å². The lowest BCUT2D eigenvalue weighted by atomic mass is 10.2. The van der Waals surface area contributed by atoms with Gasteiger partial charge < -0.3 is 10.6 Å². The predicted octanol–water partition coefficient (Wildman–Crippen LogP) is 4.28. The molecule has 0 unspecified atom stereocenters. The third-order valence-electron chi connectivity index (χ3n) is 3.13. The summed E-state index contributed by atoms with van der Waals surface area (Å²) in [5.74, 6) is 0.963. The van der Waals surface area contributed by atoms with E-state index in [1.165, 1.54) is 5.56 Å². The van der Waals surface area contributed by atoms with Crippen LogP contribution in [0.25, 0.3) is 10.9 Å². The number of anilines is 2. The molecule has 0 amide bonds. The van der Waals surface area contributed by atoms with Crippen LogP contribution in [0, 0.1) is 0 Å². The minimum Gasteiger partial charge on any atom is -0.399 e. The molecular weight excluding hydrogens is 334 g/mol. The van der Waals surface area contributed by atoms with Crippen molar-refractivity contribution in [2.24, 2.45) is 0 Å². The second kappa shape index (κ2) is 5.42. The normalized spacial score (nSPS) is 10.9. The van der Waals surface area contributed by atoms with E-state index in [-0.39, 0.29) is 0 Å². The summed E-state index contributed by atoms with van der Waals surface area (Å²) in [6, 6.07) is 12.0. The summed E-state index contributed by atoms with van der Waals surface area (Å²) in [5, 5.41) is 3.22. The van der Waals surface area contributed by atoms with Gasteiger partial charge in [-0.3, -0.25) is 0 Å². The van der Waals surface area contributed by atoms with Gasteiger partial charge in [-0.2, -0.15) is 0 Å². The smallest absolute Gasteiger partial charge is 0.129 e. The largest absolute Gasteiger partial charge is 0.399 e. The molecule has 3 rings (SSSR count). The molecule has 0 aliphatic rings. The van der Waals surface area contributed by atoms with Gasteiger partial charge >= 0.3 is 0 Å². The Morgan fingerprint density at radius 1 is 1.25 bits per heavy atom. The van der Waals surface area contributed by atoms with Gasteiger partial charge in [-0.25, -0.2) is 4.98 Å². The van der Waals surface area contributed by atoms with Crippen molar-refractivity contribution in [1.82, 2.24) is 4.98 Å². The first kappa shape index (κ1) is 13.4. The van der Waals surface area contributed by atoms with E-state index in [9.17, 15) is 0 Å². The molecule has 20 heavy (non-hydrogen) atoms. The SMILES string of the molecule is CN(Cc1csc(Br)c1)c1ccc2cc(N)ccc2n1. The van der Waals surface area contributed by atoms with E-state index in [1.807, 2.05) is 24.3 Å². The van der Waals surface area contributed by atoms with Crippen LogP contribution in [-0.4, -0.2) is 12.0 Å². The number of aromatic nitrogens is 1. The highest BCUT2D eigenvalue weighted by Gasteiger charge is 2.06. The Balaban J connectivity index is 1.87. The molecule has 0 saturated heterocycles. The third-order valence-corrected chi connectivity index (χ3v) is 4.68. The van der Waals surface area contributed by atoms with Crippen molar-refractivity contribution in [1.29, 1.82) is 0 Å². The second-order valence-corrected chi connectivity index (χ2v) is 7.03. The summed E-state index contributed by atoms with van der Waals surface area (Å²) in [6.07, 6.45) is 0. The molecule has 102 valence electrons. The van der Waals surface area contributed by atoms with Crippen molar-refractivity contribution in [2.45, 2.75) is 6.54 Å². The minimum atomic E-state index is 0.767. The molecule has 2 aromatic heterocycles. The van der Waals surface area contributed by atoms with Gasteiger partial charge in [0.05, 0.1) is 9.30 Å². The van der Waals surface area contributed by atoms with Crippen LogP contribution in [0.2, 0.25) is 0 Å². The first-order valence-corrected chi connectivity index (χ1v) is 7.89. The highest BCUT2D eigenvalue weighted by atomic mass is 79.9. The minimum absolute atomic E-state index is 0.767. The fraction of sp³-hybridized carbons (Fsp3) is 0.133. The molecule has 0 atom stereocenters. The number of fused-ring (bicyclic) bond motifs is 1. The van der Waals surface area contributed by atoms with Crippen molar-refractivity contribution in [3.63, 3.8) is 0 Å². The van der Waals surface area contributed by atoms with Crippen molar-refractivity contribution in [3.8, 4) is 0 Å². The molecule has 3 aromatic rings. The van der Waals surface area contributed by atoms with Crippen LogP contribution in [0.15, 0.2) is 45.6 Å². The maximum Gasteiger partial charge on any atom is 0.129 e. The molecule has 0 saturated carbocycles. The van der Waals surface area contributed by atoms with Crippen LogP contribution < -0.4 is 10.6 Å².